The Morgan fingerprint density at radius 1 is 1.15 bits per heavy atom. The van der Waals surface area contributed by atoms with Gasteiger partial charge in [-0.05, 0) is 19.0 Å². The second-order valence-corrected chi connectivity index (χ2v) is 12.0. The van der Waals surface area contributed by atoms with E-state index in [0.717, 1.165) is 6.04 Å². The molecule has 0 N–H and O–H groups in total. The molecule has 4 nitrogen and oxygen atoms in total. The van der Waals surface area contributed by atoms with Gasteiger partial charge in [-0.25, -0.2) is 0 Å². The van der Waals surface area contributed by atoms with Crippen molar-refractivity contribution in [3.05, 3.63) is 0 Å². The van der Waals surface area contributed by atoms with Crippen molar-refractivity contribution in [1.82, 2.24) is 0 Å². The lowest BCUT2D eigenvalue weighted by molar-refractivity contribution is 0.306. The molecule has 1 fully saturated rings. The summed E-state index contributed by atoms with van der Waals surface area (Å²) in [7, 11) is -4.69. The Hall–Kier alpha value is 0.638. The molecule has 9 heteroatoms. The van der Waals surface area contributed by atoms with Gasteiger partial charge in [0.25, 0.3) is 30.0 Å². The standard InChI is InChI=1S/C4H15FO4Si4/c1-13(4-2-3-5)8-11-6-10-7-12-9-13/h2-4,10-12H2,1H3. The highest BCUT2D eigenvalue weighted by atomic mass is 28.5. The zero-order chi connectivity index (χ0) is 9.57. The van der Waals surface area contributed by atoms with Crippen molar-refractivity contribution in [2.24, 2.45) is 0 Å². The van der Waals surface area contributed by atoms with Gasteiger partial charge in [0.2, 0.25) is 0 Å². The average molecular weight is 259 g/mol. The van der Waals surface area contributed by atoms with Crippen LogP contribution in [0.15, 0.2) is 0 Å². The maximum Gasteiger partial charge on any atom is 0.316 e. The fourth-order valence-corrected chi connectivity index (χ4v) is 10.3. The molecular weight excluding hydrogens is 243 g/mol. The highest BCUT2D eigenvalue weighted by Gasteiger charge is 2.31. The molecule has 0 amide bonds. The Bertz CT molecular complexity index is 137. The molecule has 1 saturated heterocycles. The Morgan fingerprint density at radius 2 is 1.77 bits per heavy atom. The highest BCUT2D eigenvalue weighted by Crippen LogP contribution is 2.15. The molecule has 0 spiro atoms. The maximum atomic E-state index is 12.0. The summed E-state index contributed by atoms with van der Waals surface area (Å²) in [6.07, 6.45) is 0.531. The van der Waals surface area contributed by atoms with E-state index in [9.17, 15) is 4.39 Å². The van der Waals surface area contributed by atoms with Crippen LogP contribution in [0.1, 0.15) is 6.42 Å². The summed E-state index contributed by atoms with van der Waals surface area (Å²) in [5.41, 5.74) is 0. The second-order valence-electron chi connectivity index (χ2n) is 2.98. The third-order valence-corrected chi connectivity index (χ3v) is 11.6. The first-order valence-corrected chi connectivity index (χ1v) is 10.2. The summed E-state index contributed by atoms with van der Waals surface area (Å²) in [6, 6.07) is 0.720. The Balaban J connectivity index is 2.32. The first kappa shape index (κ1) is 11.7. The zero-order valence-electron chi connectivity index (χ0n) is 7.75. The first-order valence-electron chi connectivity index (χ1n) is 4.26. The summed E-state index contributed by atoms with van der Waals surface area (Å²) in [5.74, 6) is 0. The maximum absolute atomic E-state index is 12.0. The Morgan fingerprint density at radius 3 is 2.31 bits per heavy atom. The summed E-state index contributed by atoms with van der Waals surface area (Å²) >= 11 is 0. The summed E-state index contributed by atoms with van der Waals surface area (Å²) in [6.45, 7) is 1.68. The van der Waals surface area contributed by atoms with Crippen LogP contribution in [0.5, 0.6) is 0 Å². The molecule has 0 aromatic rings. The summed E-state index contributed by atoms with van der Waals surface area (Å²) in [4.78, 5) is 0. The zero-order valence-corrected chi connectivity index (χ0v) is 13.0. The fourth-order valence-electron chi connectivity index (χ4n) is 1.03. The molecular formula is C4H15FO4Si4. The van der Waals surface area contributed by atoms with Crippen LogP contribution >= 0.6 is 0 Å². The normalized spacial score (nSPS) is 36.5. The molecule has 0 atom stereocenters. The molecule has 78 valence electrons. The van der Waals surface area contributed by atoms with E-state index in [2.05, 4.69) is 0 Å². The van der Waals surface area contributed by atoms with Crippen LogP contribution in [-0.4, -0.2) is 45.3 Å². The van der Waals surface area contributed by atoms with E-state index in [1.807, 2.05) is 6.55 Å². The van der Waals surface area contributed by atoms with Gasteiger partial charge in [0.05, 0.1) is 6.67 Å². The van der Waals surface area contributed by atoms with Crippen molar-refractivity contribution in [1.29, 1.82) is 0 Å². The molecule has 0 aliphatic carbocycles. The van der Waals surface area contributed by atoms with Gasteiger partial charge in [-0.1, -0.05) is 0 Å². The molecule has 1 aliphatic heterocycles. The summed E-state index contributed by atoms with van der Waals surface area (Å²) < 4.78 is 33.8. The van der Waals surface area contributed by atoms with Crippen LogP contribution < -0.4 is 0 Å². The topological polar surface area (TPSA) is 36.9 Å². The fraction of sp³-hybridized carbons (Fsp3) is 1.00. The lowest BCUT2D eigenvalue weighted by Crippen LogP contribution is -2.44. The minimum atomic E-state index is -2.08. The number of hydrogen-bond donors (Lipinski definition) is 0. The third-order valence-electron chi connectivity index (χ3n) is 1.83. The molecule has 0 aromatic heterocycles. The van der Waals surface area contributed by atoms with Crippen molar-refractivity contribution in [3.8, 4) is 0 Å². The number of rotatable bonds is 3. The van der Waals surface area contributed by atoms with Gasteiger partial charge in [0.1, 0.15) is 0 Å². The molecule has 0 bridgehead atoms. The van der Waals surface area contributed by atoms with E-state index < -0.39 is 38.6 Å². The van der Waals surface area contributed by atoms with Gasteiger partial charge in [-0.2, -0.15) is 0 Å². The van der Waals surface area contributed by atoms with Gasteiger partial charge >= 0.3 is 8.56 Å². The Kier molecular flexibility index (Phi) is 5.57. The van der Waals surface area contributed by atoms with Crippen molar-refractivity contribution < 1.29 is 20.9 Å². The van der Waals surface area contributed by atoms with Crippen molar-refractivity contribution >= 4 is 38.6 Å². The molecule has 1 heterocycles. The molecule has 0 unspecified atom stereocenters. The van der Waals surface area contributed by atoms with Crippen LogP contribution in [0.25, 0.3) is 0 Å². The van der Waals surface area contributed by atoms with Crippen LogP contribution in [0.3, 0.4) is 0 Å². The average Bonchev–Trinajstić information content (AvgIpc) is 2.09. The second kappa shape index (κ2) is 6.18. The van der Waals surface area contributed by atoms with Gasteiger partial charge in [0, 0.05) is 0 Å². The molecule has 13 heavy (non-hydrogen) atoms. The van der Waals surface area contributed by atoms with Crippen LogP contribution in [-0.2, 0) is 16.5 Å². The predicted octanol–water partition coefficient (Wildman–Crippen LogP) is -1.51. The molecule has 0 saturated carbocycles. The quantitative estimate of drug-likeness (QED) is 0.577. The summed E-state index contributed by atoms with van der Waals surface area (Å²) in [5, 5.41) is 0. The lowest BCUT2D eigenvalue weighted by Gasteiger charge is -2.29. The van der Waals surface area contributed by atoms with E-state index in [4.69, 9.17) is 16.5 Å². The first-order chi connectivity index (χ1) is 6.27. The van der Waals surface area contributed by atoms with Gasteiger partial charge in [-0.3, -0.25) is 4.39 Å². The van der Waals surface area contributed by atoms with Gasteiger partial charge < -0.3 is 16.5 Å². The third kappa shape index (κ3) is 4.60. The van der Waals surface area contributed by atoms with E-state index in [-0.39, 0.29) is 6.67 Å². The van der Waals surface area contributed by atoms with Crippen LogP contribution in [0.4, 0.5) is 4.39 Å². The monoisotopic (exact) mass is 258 g/mol. The predicted molar refractivity (Wildman–Crippen MR) is 57.0 cm³/mol. The molecule has 1 aliphatic rings. The van der Waals surface area contributed by atoms with Gasteiger partial charge in [-0.15, -0.1) is 0 Å². The molecule has 1 rings (SSSR count). The van der Waals surface area contributed by atoms with E-state index in [0.29, 0.717) is 6.42 Å². The van der Waals surface area contributed by atoms with E-state index in [1.54, 1.807) is 0 Å². The van der Waals surface area contributed by atoms with Crippen LogP contribution in [0, 0.1) is 0 Å². The van der Waals surface area contributed by atoms with Gasteiger partial charge in [0.15, 0.2) is 0 Å². The highest BCUT2D eigenvalue weighted by molar-refractivity contribution is 6.74. The van der Waals surface area contributed by atoms with E-state index in [1.165, 1.54) is 0 Å². The largest absolute Gasteiger partial charge is 0.425 e. The number of halogens is 1. The number of alkyl halides is 1. The van der Waals surface area contributed by atoms with Crippen molar-refractivity contribution in [2.75, 3.05) is 6.67 Å². The van der Waals surface area contributed by atoms with E-state index >= 15 is 0 Å². The van der Waals surface area contributed by atoms with Crippen LogP contribution in [0.2, 0.25) is 12.6 Å². The van der Waals surface area contributed by atoms with Crippen molar-refractivity contribution in [3.63, 3.8) is 0 Å². The number of hydrogen-bond acceptors (Lipinski definition) is 4. The Labute approximate surface area is 85.5 Å². The smallest absolute Gasteiger partial charge is 0.316 e. The SMILES string of the molecule is C[Si]1(CCCF)O[SiH2]O[SiH2]O[SiH2]O1. The minimum Gasteiger partial charge on any atom is -0.425 e. The lowest BCUT2D eigenvalue weighted by atomic mass is 10.6. The van der Waals surface area contributed by atoms with Crippen molar-refractivity contribution in [2.45, 2.75) is 19.0 Å². The minimum absolute atomic E-state index is 0.297. The molecule has 0 aromatic carbocycles. The molecule has 0 radical (unpaired) electrons.